The Hall–Kier alpha value is -2.73. The lowest BCUT2D eigenvalue weighted by molar-refractivity contribution is 0.0448. The van der Waals surface area contributed by atoms with Crippen molar-refractivity contribution in [2.75, 3.05) is 19.7 Å². The minimum atomic E-state index is -0.276. The molecule has 5 rings (SSSR count). The zero-order chi connectivity index (χ0) is 21.2. The number of carbonyl (C=O) groups excluding carboxylic acids is 1. The summed E-state index contributed by atoms with van der Waals surface area (Å²) in [7, 11) is 0. The molecule has 1 saturated heterocycles. The van der Waals surface area contributed by atoms with Crippen LogP contribution in [-0.2, 0) is 11.2 Å². The summed E-state index contributed by atoms with van der Waals surface area (Å²) in [6, 6.07) is 12.0. The van der Waals surface area contributed by atoms with E-state index in [1.54, 1.807) is 24.3 Å². The van der Waals surface area contributed by atoms with Crippen molar-refractivity contribution in [1.82, 2.24) is 9.88 Å². The molecule has 1 aromatic heterocycles. The van der Waals surface area contributed by atoms with Gasteiger partial charge in [0.1, 0.15) is 11.3 Å². The van der Waals surface area contributed by atoms with Crippen LogP contribution < -0.4 is 0 Å². The molecule has 2 aromatic carbocycles. The Balaban J connectivity index is 1.35. The van der Waals surface area contributed by atoms with Crippen LogP contribution in [0, 0.1) is 11.7 Å². The largest absolute Gasteiger partial charge is 0.440 e. The molecule has 1 aliphatic carbocycles. The van der Waals surface area contributed by atoms with Crippen molar-refractivity contribution in [3.8, 4) is 0 Å². The Morgan fingerprint density at radius 1 is 1.10 bits per heavy atom. The molecule has 2 heterocycles. The summed E-state index contributed by atoms with van der Waals surface area (Å²) < 4.78 is 25.6. The molecule has 2 fully saturated rings. The van der Waals surface area contributed by atoms with Crippen LogP contribution in [0.2, 0.25) is 0 Å². The van der Waals surface area contributed by atoms with Crippen molar-refractivity contribution in [3.05, 3.63) is 65.3 Å². The van der Waals surface area contributed by atoms with E-state index in [4.69, 9.17) is 9.15 Å². The zero-order valence-electron chi connectivity index (χ0n) is 17.6. The van der Waals surface area contributed by atoms with E-state index in [9.17, 15) is 9.18 Å². The molecular formula is C25H27FN2O3. The van der Waals surface area contributed by atoms with Gasteiger partial charge in [0.15, 0.2) is 11.5 Å². The highest BCUT2D eigenvalue weighted by molar-refractivity contribution is 5.97. The second kappa shape index (κ2) is 8.79. The first kappa shape index (κ1) is 20.2. The number of halogens is 1. The number of nitrogens with zero attached hydrogens (tertiary/aromatic N) is 2. The number of fused-ring (bicyclic) bond motifs is 1. The monoisotopic (exact) mass is 422 g/mol. The molecule has 1 amide bonds. The molecule has 31 heavy (non-hydrogen) atoms. The van der Waals surface area contributed by atoms with Gasteiger partial charge in [0.25, 0.3) is 5.91 Å². The normalized spacial score (nSPS) is 18.9. The van der Waals surface area contributed by atoms with Crippen LogP contribution in [0.3, 0.4) is 0 Å². The van der Waals surface area contributed by atoms with Crippen molar-refractivity contribution >= 4 is 17.0 Å². The third kappa shape index (κ3) is 4.49. The molecule has 6 heteroatoms. The molecule has 0 radical (unpaired) electrons. The lowest BCUT2D eigenvalue weighted by Gasteiger charge is -2.33. The third-order valence-electron chi connectivity index (χ3n) is 6.42. The number of benzene rings is 2. The van der Waals surface area contributed by atoms with Gasteiger partial charge in [-0.05, 0) is 61.4 Å². The first-order valence-corrected chi connectivity index (χ1v) is 11.2. The van der Waals surface area contributed by atoms with Gasteiger partial charge in [-0.3, -0.25) is 4.79 Å². The van der Waals surface area contributed by atoms with Crippen LogP contribution in [0.4, 0.5) is 4.39 Å². The zero-order valence-corrected chi connectivity index (χ0v) is 17.6. The van der Waals surface area contributed by atoms with Crippen LogP contribution in [0.25, 0.3) is 11.1 Å². The van der Waals surface area contributed by atoms with Crippen molar-refractivity contribution in [2.45, 2.75) is 44.6 Å². The number of amides is 1. The van der Waals surface area contributed by atoms with Crippen molar-refractivity contribution in [2.24, 2.45) is 5.92 Å². The second-order valence-corrected chi connectivity index (χ2v) is 8.70. The van der Waals surface area contributed by atoms with Crippen molar-refractivity contribution in [3.63, 3.8) is 0 Å². The van der Waals surface area contributed by atoms with Gasteiger partial charge in [-0.25, -0.2) is 9.37 Å². The second-order valence-electron chi connectivity index (χ2n) is 8.70. The van der Waals surface area contributed by atoms with E-state index in [-0.39, 0.29) is 24.2 Å². The van der Waals surface area contributed by atoms with E-state index >= 15 is 0 Å². The van der Waals surface area contributed by atoms with Crippen LogP contribution in [-0.4, -0.2) is 41.6 Å². The number of hydrogen-bond donors (Lipinski definition) is 0. The molecule has 162 valence electrons. The molecule has 0 unspecified atom stereocenters. The van der Waals surface area contributed by atoms with Crippen LogP contribution in [0.1, 0.15) is 53.9 Å². The number of aromatic nitrogens is 1. The summed E-state index contributed by atoms with van der Waals surface area (Å²) in [5, 5.41) is 0. The SMILES string of the molecule is O=C(c1ccc2nc(Cc3ccccc3F)oc2c1)N(CC1CCC1)C[C@H]1CCCO1. The quantitative estimate of drug-likeness (QED) is 0.539. The first-order chi connectivity index (χ1) is 15.2. The maximum absolute atomic E-state index is 14.0. The third-order valence-corrected chi connectivity index (χ3v) is 6.42. The molecule has 2 aliphatic rings. The predicted molar refractivity (Wildman–Crippen MR) is 115 cm³/mol. The molecular weight excluding hydrogens is 395 g/mol. The van der Waals surface area contributed by atoms with Gasteiger partial charge >= 0.3 is 0 Å². The fourth-order valence-corrected chi connectivity index (χ4v) is 4.43. The van der Waals surface area contributed by atoms with Gasteiger partial charge in [0.05, 0.1) is 12.5 Å². The van der Waals surface area contributed by atoms with Crippen molar-refractivity contribution in [1.29, 1.82) is 0 Å². The maximum Gasteiger partial charge on any atom is 0.254 e. The number of hydrogen-bond acceptors (Lipinski definition) is 4. The summed E-state index contributed by atoms with van der Waals surface area (Å²) in [4.78, 5) is 19.8. The topological polar surface area (TPSA) is 55.6 Å². The Kier molecular flexibility index (Phi) is 5.72. The molecule has 0 bridgehead atoms. The van der Waals surface area contributed by atoms with Gasteiger partial charge in [0.2, 0.25) is 0 Å². The summed E-state index contributed by atoms with van der Waals surface area (Å²) in [5.74, 6) is 0.764. The fourth-order valence-electron chi connectivity index (χ4n) is 4.43. The number of oxazole rings is 1. The Bertz CT molecular complexity index is 1070. The van der Waals surface area contributed by atoms with Crippen LogP contribution in [0.15, 0.2) is 46.9 Å². The average molecular weight is 423 g/mol. The number of rotatable bonds is 7. The van der Waals surface area contributed by atoms with E-state index in [0.29, 0.717) is 40.6 Å². The highest BCUT2D eigenvalue weighted by Gasteiger charge is 2.28. The van der Waals surface area contributed by atoms with E-state index in [0.717, 1.165) is 26.0 Å². The molecule has 0 N–H and O–H groups in total. The van der Waals surface area contributed by atoms with E-state index < -0.39 is 0 Å². The lowest BCUT2D eigenvalue weighted by atomic mass is 9.85. The smallest absolute Gasteiger partial charge is 0.254 e. The average Bonchev–Trinajstić information content (AvgIpc) is 3.39. The minimum Gasteiger partial charge on any atom is -0.440 e. The first-order valence-electron chi connectivity index (χ1n) is 11.2. The Morgan fingerprint density at radius 3 is 2.71 bits per heavy atom. The number of ether oxygens (including phenoxy) is 1. The van der Waals surface area contributed by atoms with Gasteiger partial charge in [0, 0.05) is 25.3 Å². The Labute approximate surface area is 181 Å². The maximum atomic E-state index is 14.0. The number of carbonyl (C=O) groups is 1. The van der Waals surface area contributed by atoms with Gasteiger partial charge in [-0.15, -0.1) is 0 Å². The molecule has 1 aliphatic heterocycles. The fraction of sp³-hybridized carbons (Fsp3) is 0.440. The molecule has 5 nitrogen and oxygen atoms in total. The standard InChI is InChI=1S/C25H27FN2O3/c26-21-9-2-1-7-18(21)14-24-27-22-11-10-19(13-23(22)31-24)25(29)28(15-17-5-3-6-17)16-20-8-4-12-30-20/h1-2,7,9-11,13,17,20H,3-6,8,12,14-16H2/t20-/m1/s1. The predicted octanol–water partition coefficient (Wildman–Crippen LogP) is 4.98. The van der Waals surface area contributed by atoms with Gasteiger partial charge < -0.3 is 14.1 Å². The van der Waals surface area contributed by atoms with E-state index in [1.165, 1.54) is 25.3 Å². The van der Waals surface area contributed by atoms with E-state index in [1.807, 2.05) is 17.0 Å². The van der Waals surface area contributed by atoms with E-state index in [2.05, 4.69) is 4.98 Å². The lowest BCUT2D eigenvalue weighted by Crippen LogP contribution is -2.41. The molecule has 0 spiro atoms. The summed E-state index contributed by atoms with van der Waals surface area (Å²) in [6.45, 7) is 2.21. The van der Waals surface area contributed by atoms with Crippen LogP contribution in [0.5, 0.6) is 0 Å². The van der Waals surface area contributed by atoms with Crippen molar-refractivity contribution < 1.29 is 18.3 Å². The highest BCUT2D eigenvalue weighted by atomic mass is 19.1. The summed E-state index contributed by atoms with van der Waals surface area (Å²) in [5.41, 5.74) is 2.36. The Morgan fingerprint density at radius 2 is 1.97 bits per heavy atom. The summed E-state index contributed by atoms with van der Waals surface area (Å²) in [6.07, 6.45) is 6.11. The van der Waals surface area contributed by atoms with Gasteiger partial charge in [-0.2, -0.15) is 0 Å². The summed E-state index contributed by atoms with van der Waals surface area (Å²) >= 11 is 0. The highest BCUT2D eigenvalue weighted by Crippen LogP contribution is 2.29. The van der Waals surface area contributed by atoms with Gasteiger partial charge in [-0.1, -0.05) is 24.6 Å². The van der Waals surface area contributed by atoms with Crippen LogP contribution >= 0.6 is 0 Å². The molecule has 1 saturated carbocycles. The molecule has 3 aromatic rings. The molecule has 1 atom stereocenters. The minimum absolute atomic E-state index is 0.0105.